The van der Waals surface area contributed by atoms with Crippen molar-refractivity contribution in [3.63, 3.8) is 0 Å². The van der Waals surface area contributed by atoms with Crippen LogP contribution in [0.2, 0.25) is 0 Å². The first-order valence-corrected chi connectivity index (χ1v) is 7.94. The molecule has 0 aromatic heterocycles. The third-order valence-corrected chi connectivity index (χ3v) is 4.60. The van der Waals surface area contributed by atoms with Crippen molar-refractivity contribution in [1.29, 1.82) is 0 Å². The van der Waals surface area contributed by atoms with Crippen molar-refractivity contribution in [1.82, 2.24) is 5.32 Å². The zero-order valence-electron chi connectivity index (χ0n) is 12.1. The maximum Gasteiger partial charge on any atom is 0.223 e. The molecule has 1 saturated heterocycles. The molecule has 20 heavy (non-hydrogen) atoms. The van der Waals surface area contributed by atoms with Crippen LogP contribution in [0, 0.1) is 5.92 Å². The molecule has 1 aromatic rings. The normalized spacial score (nSPS) is 19.5. The Labute approximate surface area is 121 Å². The third-order valence-electron chi connectivity index (χ3n) is 4.60. The number of carbonyl (C=O) groups is 1. The van der Waals surface area contributed by atoms with Crippen LogP contribution in [0.5, 0.6) is 0 Å². The third kappa shape index (κ3) is 3.14. The molecule has 0 atom stereocenters. The lowest BCUT2D eigenvalue weighted by Gasteiger charge is -2.29. The van der Waals surface area contributed by atoms with Gasteiger partial charge in [-0.3, -0.25) is 4.79 Å². The minimum Gasteiger partial charge on any atom is -0.372 e. The minimum absolute atomic E-state index is 0.233. The second-order valence-corrected chi connectivity index (χ2v) is 6.06. The number of rotatable bonds is 4. The zero-order chi connectivity index (χ0) is 13.8. The molecular weight excluding hydrogens is 248 g/mol. The number of benzene rings is 1. The topological polar surface area (TPSA) is 32.3 Å². The Bertz CT molecular complexity index is 445. The Morgan fingerprint density at radius 1 is 1.05 bits per heavy atom. The summed E-state index contributed by atoms with van der Waals surface area (Å²) in [5, 5.41) is 3.05. The van der Waals surface area contributed by atoms with Gasteiger partial charge in [0, 0.05) is 31.2 Å². The van der Waals surface area contributed by atoms with E-state index >= 15 is 0 Å². The highest BCUT2D eigenvalue weighted by Crippen LogP contribution is 2.26. The van der Waals surface area contributed by atoms with E-state index in [9.17, 15) is 4.79 Å². The molecule has 0 radical (unpaired) electrons. The van der Waals surface area contributed by atoms with Gasteiger partial charge < -0.3 is 10.2 Å². The number of nitrogens with one attached hydrogen (secondary N) is 1. The van der Waals surface area contributed by atoms with Crippen LogP contribution >= 0.6 is 0 Å². The predicted octanol–water partition coefficient (Wildman–Crippen LogP) is 3.09. The number of piperidine rings is 1. The van der Waals surface area contributed by atoms with Crippen molar-refractivity contribution in [2.45, 2.75) is 45.1 Å². The van der Waals surface area contributed by atoms with Crippen molar-refractivity contribution in [3.8, 4) is 0 Å². The summed E-state index contributed by atoms with van der Waals surface area (Å²) in [5.74, 6) is 0.513. The molecule has 1 aliphatic carbocycles. The Kier molecular flexibility index (Phi) is 4.24. The fraction of sp³-hybridized carbons (Fsp3) is 0.588. The summed E-state index contributed by atoms with van der Waals surface area (Å²) in [6.07, 6.45) is 7.32. The second kappa shape index (κ2) is 6.29. The Balaban J connectivity index is 1.51. The summed E-state index contributed by atoms with van der Waals surface area (Å²) >= 11 is 0. The first kappa shape index (κ1) is 13.5. The monoisotopic (exact) mass is 272 g/mol. The molecule has 0 spiro atoms. The van der Waals surface area contributed by atoms with Gasteiger partial charge in [-0.25, -0.2) is 0 Å². The summed E-state index contributed by atoms with van der Waals surface area (Å²) in [6.45, 7) is 3.02. The van der Waals surface area contributed by atoms with Crippen LogP contribution in [0.1, 0.15) is 44.1 Å². The molecule has 3 rings (SSSR count). The summed E-state index contributed by atoms with van der Waals surface area (Å²) in [7, 11) is 0. The summed E-state index contributed by atoms with van der Waals surface area (Å²) in [5.41, 5.74) is 2.51. The fourth-order valence-electron chi connectivity index (χ4n) is 2.98. The van der Waals surface area contributed by atoms with Crippen LogP contribution in [-0.4, -0.2) is 19.0 Å². The van der Waals surface area contributed by atoms with Gasteiger partial charge in [-0.1, -0.05) is 18.6 Å². The Morgan fingerprint density at radius 2 is 1.75 bits per heavy atom. The molecule has 108 valence electrons. The number of amides is 1. The van der Waals surface area contributed by atoms with Gasteiger partial charge >= 0.3 is 0 Å². The van der Waals surface area contributed by atoms with E-state index in [-0.39, 0.29) is 11.8 Å². The number of carbonyl (C=O) groups excluding carboxylic acids is 1. The van der Waals surface area contributed by atoms with Gasteiger partial charge in [0.1, 0.15) is 0 Å². The predicted molar refractivity (Wildman–Crippen MR) is 81.7 cm³/mol. The Hall–Kier alpha value is -1.51. The van der Waals surface area contributed by atoms with Gasteiger partial charge in [-0.2, -0.15) is 0 Å². The summed E-state index contributed by atoms with van der Waals surface area (Å²) in [4.78, 5) is 14.3. The average Bonchev–Trinajstić information content (AvgIpc) is 2.45. The quantitative estimate of drug-likeness (QED) is 0.913. The molecule has 2 fully saturated rings. The van der Waals surface area contributed by atoms with E-state index in [4.69, 9.17) is 0 Å². The fourth-order valence-corrected chi connectivity index (χ4v) is 2.98. The number of hydrogen-bond acceptors (Lipinski definition) is 2. The van der Waals surface area contributed by atoms with E-state index in [1.54, 1.807) is 0 Å². The molecule has 1 amide bonds. The molecular formula is C17H24N2O. The van der Waals surface area contributed by atoms with Gasteiger partial charge in [0.2, 0.25) is 5.91 Å². The largest absolute Gasteiger partial charge is 0.372 e. The molecule has 1 N–H and O–H groups in total. The minimum atomic E-state index is 0.233. The van der Waals surface area contributed by atoms with Gasteiger partial charge in [0.15, 0.2) is 0 Å². The highest BCUT2D eigenvalue weighted by atomic mass is 16.1. The Morgan fingerprint density at radius 3 is 2.35 bits per heavy atom. The van der Waals surface area contributed by atoms with E-state index < -0.39 is 0 Å². The van der Waals surface area contributed by atoms with Gasteiger partial charge in [-0.05, 0) is 49.8 Å². The van der Waals surface area contributed by atoms with Gasteiger partial charge in [0.05, 0.1) is 0 Å². The maximum absolute atomic E-state index is 11.8. The van der Waals surface area contributed by atoms with Gasteiger partial charge in [0.25, 0.3) is 0 Å². The van der Waals surface area contributed by atoms with Gasteiger partial charge in [-0.15, -0.1) is 0 Å². The first-order valence-electron chi connectivity index (χ1n) is 7.94. The van der Waals surface area contributed by atoms with E-state index in [0.29, 0.717) is 6.54 Å². The van der Waals surface area contributed by atoms with Crippen molar-refractivity contribution in [2.24, 2.45) is 5.92 Å². The molecule has 1 aliphatic heterocycles. The zero-order valence-corrected chi connectivity index (χ0v) is 12.1. The molecule has 0 unspecified atom stereocenters. The lowest BCUT2D eigenvalue weighted by molar-refractivity contribution is -0.127. The SMILES string of the molecule is O=C(NCc1ccc(N2CCCCC2)cc1)C1CCC1. The maximum atomic E-state index is 11.8. The average molecular weight is 272 g/mol. The van der Waals surface area contributed by atoms with E-state index in [1.165, 1.54) is 50.0 Å². The number of hydrogen-bond donors (Lipinski definition) is 1. The van der Waals surface area contributed by atoms with Crippen LogP contribution in [0.15, 0.2) is 24.3 Å². The number of nitrogens with zero attached hydrogens (tertiary/aromatic N) is 1. The van der Waals surface area contributed by atoms with Crippen LogP contribution in [0.3, 0.4) is 0 Å². The van der Waals surface area contributed by atoms with Crippen LogP contribution in [0.4, 0.5) is 5.69 Å². The van der Waals surface area contributed by atoms with Crippen LogP contribution in [-0.2, 0) is 11.3 Å². The number of anilines is 1. The molecule has 1 saturated carbocycles. The van der Waals surface area contributed by atoms with Crippen LogP contribution < -0.4 is 10.2 Å². The van der Waals surface area contributed by atoms with E-state index in [1.807, 2.05) is 0 Å². The second-order valence-electron chi connectivity index (χ2n) is 6.06. The van der Waals surface area contributed by atoms with Crippen molar-refractivity contribution in [3.05, 3.63) is 29.8 Å². The smallest absolute Gasteiger partial charge is 0.223 e. The molecule has 3 nitrogen and oxygen atoms in total. The van der Waals surface area contributed by atoms with E-state index in [0.717, 1.165) is 12.8 Å². The molecule has 1 aromatic carbocycles. The lowest BCUT2D eigenvalue weighted by atomic mass is 9.85. The molecule has 2 aliphatic rings. The highest BCUT2D eigenvalue weighted by molar-refractivity contribution is 5.79. The molecule has 1 heterocycles. The van der Waals surface area contributed by atoms with E-state index in [2.05, 4.69) is 34.5 Å². The summed E-state index contributed by atoms with van der Waals surface area (Å²) < 4.78 is 0. The van der Waals surface area contributed by atoms with Crippen molar-refractivity contribution >= 4 is 11.6 Å². The van der Waals surface area contributed by atoms with Crippen molar-refractivity contribution in [2.75, 3.05) is 18.0 Å². The molecule has 0 bridgehead atoms. The standard InChI is InChI=1S/C17H24N2O/c20-17(15-5-4-6-15)18-13-14-7-9-16(10-8-14)19-11-2-1-3-12-19/h7-10,15H,1-6,11-13H2,(H,18,20). The van der Waals surface area contributed by atoms with Crippen LogP contribution in [0.25, 0.3) is 0 Å². The first-order chi connectivity index (χ1) is 9.83. The van der Waals surface area contributed by atoms with Crippen molar-refractivity contribution < 1.29 is 4.79 Å². The summed E-state index contributed by atoms with van der Waals surface area (Å²) in [6, 6.07) is 8.67. The lowest BCUT2D eigenvalue weighted by Crippen LogP contribution is -2.34. The molecule has 3 heteroatoms. The highest BCUT2D eigenvalue weighted by Gasteiger charge is 2.24.